The van der Waals surface area contributed by atoms with Gasteiger partial charge < -0.3 is 0 Å². The molecule has 0 unspecified atom stereocenters. The molecule has 17 heavy (non-hydrogen) atoms. The Labute approximate surface area is 102 Å². The van der Waals surface area contributed by atoms with Gasteiger partial charge in [0.05, 0.1) is 5.39 Å². The van der Waals surface area contributed by atoms with E-state index >= 15 is 0 Å². The van der Waals surface area contributed by atoms with Crippen LogP contribution in [0.2, 0.25) is 0 Å². The normalized spacial score (nSPS) is 12.0. The molecule has 3 nitrogen and oxygen atoms in total. The van der Waals surface area contributed by atoms with Gasteiger partial charge in [-0.1, -0.05) is 18.2 Å². The molecule has 0 saturated carbocycles. The van der Waals surface area contributed by atoms with Gasteiger partial charge in [0.1, 0.15) is 11.1 Å². The highest BCUT2D eigenvalue weighted by Crippen LogP contribution is 2.20. The minimum atomic E-state index is -4.47. The van der Waals surface area contributed by atoms with Crippen LogP contribution in [0.15, 0.2) is 33.7 Å². The van der Waals surface area contributed by atoms with Gasteiger partial charge >= 0.3 is 6.18 Å². The van der Waals surface area contributed by atoms with Crippen molar-refractivity contribution in [1.29, 1.82) is 0 Å². The monoisotopic (exact) mass is 306 g/mol. The molecule has 0 amide bonds. The predicted octanol–water partition coefficient (Wildman–Crippen LogP) is 2.72. The Kier molecular flexibility index (Phi) is 2.94. The quantitative estimate of drug-likeness (QED) is 0.812. The average molecular weight is 307 g/mol. The summed E-state index contributed by atoms with van der Waals surface area (Å²) in [6, 6.07) is 6.36. The van der Waals surface area contributed by atoms with Crippen molar-refractivity contribution in [3.05, 3.63) is 39.2 Å². The summed E-state index contributed by atoms with van der Waals surface area (Å²) in [5.74, 6) is 0. The molecule has 2 aromatic rings. The minimum absolute atomic E-state index is 0.207. The van der Waals surface area contributed by atoms with Gasteiger partial charge in [-0.25, -0.2) is 4.68 Å². The lowest BCUT2D eigenvalue weighted by Gasteiger charge is -2.09. The molecule has 0 bridgehead atoms. The minimum Gasteiger partial charge on any atom is -0.267 e. The van der Waals surface area contributed by atoms with Crippen LogP contribution in [-0.2, 0) is 6.54 Å². The summed E-state index contributed by atoms with van der Waals surface area (Å²) in [4.78, 5) is 11.7. The average Bonchev–Trinajstić information content (AvgIpc) is 2.24. The molecule has 1 aromatic heterocycles. The molecule has 1 heterocycles. The highest BCUT2D eigenvalue weighted by Gasteiger charge is 2.29. The summed E-state index contributed by atoms with van der Waals surface area (Å²) in [7, 11) is 0. The van der Waals surface area contributed by atoms with E-state index < -0.39 is 18.3 Å². The molecular formula is C10H6BrF3N2O. The van der Waals surface area contributed by atoms with Crippen LogP contribution in [0.4, 0.5) is 13.2 Å². The van der Waals surface area contributed by atoms with E-state index in [0.717, 1.165) is 0 Å². The van der Waals surface area contributed by atoms with E-state index in [4.69, 9.17) is 0 Å². The van der Waals surface area contributed by atoms with Crippen LogP contribution in [0.5, 0.6) is 0 Å². The van der Waals surface area contributed by atoms with Crippen molar-refractivity contribution in [3.8, 4) is 0 Å². The Morgan fingerprint density at radius 1 is 1.24 bits per heavy atom. The Morgan fingerprint density at radius 3 is 2.41 bits per heavy atom. The molecule has 0 N–H and O–H groups in total. The molecule has 0 atom stereocenters. The van der Waals surface area contributed by atoms with Gasteiger partial charge in [0.25, 0.3) is 5.56 Å². The molecule has 0 fully saturated rings. The van der Waals surface area contributed by atoms with Crippen LogP contribution < -0.4 is 5.56 Å². The first-order valence-electron chi connectivity index (χ1n) is 4.60. The van der Waals surface area contributed by atoms with E-state index in [1.165, 1.54) is 6.07 Å². The van der Waals surface area contributed by atoms with Crippen molar-refractivity contribution in [3.63, 3.8) is 0 Å². The highest BCUT2D eigenvalue weighted by molar-refractivity contribution is 9.10. The first-order valence-corrected chi connectivity index (χ1v) is 5.40. The molecule has 0 saturated heterocycles. The van der Waals surface area contributed by atoms with Gasteiger partial charge in [-0.2, -0.15) is 18.3 Å². The van der Waals surface area contributed by atoms with Gasteiger partial charge in [0.15, 0.2) is 0 Å². The van der Waals surface area contributed by atoms with Crippen molar-refractivity contribution in [2.24, 2.45) is 0 Å². The number of halogens is 4. The Morgan fingerprint density at radius 2 is 1.82 bits per heavy atom. The number of benzene rings is 1. The lowest BCUT2D eigenvalue weighted by molar-refractivity contribution is -0.143. The van der Waals surface area contributed by atoms with Crippen molar-refractivity contribution < 1.29 is 13.2 Å². The van der Waals surface area contributed by atoms with E-state index in [0.29, 0.717) is 10.1 Å². The predicted molar refractivity (Wildman–Crippen MR) is 59.8 cm³/mol. The number of aromatic nitrogens is 2. The number of hydrogen-bond donors (Lipinski definition) is 0. The van der Waals surface area contributed by atoms with E-state index in [9.17, 15) is 18.0 Å². The molecule has 0 aliphatic rings. The van der Waals surface area contributed by atoms with Gasteiger partial charge in [0.2, 0.25) is 0 Å². The molecule has 7 heteroatoms. The largest absolute Gasteiger partial charge is 0.408 e. The van der Waals surface area contributed by atoms with Crippen LogP contribution in [0.1, 0.15) is 0 Å². The molecule has 1 aromatic carbocycles. The fourth-order valence-corrected chi connectivity index (χ4v) is 2.01. The zero-order valence-corrected chi connectivity index (χ0v) is 9.92. The van der Waals surface area contributed by atoms with Gasteiger partial charge in [-0.3, -0.25) is 4.79 Å². The summed E-state index contributed by atoms with van der Waals surface area (Å²) in [6.45, 7) is -1.39. The van der Waals surface area contributed by atoms with E-state index in [-0.39, 0.29) is 9.99 Å². The molecule has 0 aliphatic carbocycles. The number of alkyl halides is 3. The second-order valence-corrected chi connectivity index (χ2v) is 4.17. The SMILES string of the molecule is O=c1c2ccccc2c(Br)nn1CC(F)(F)F. The number of fused-ring (bicyclic) bond motifs is 1. The maximum atomic E-state index is 12.2. The Balaban J connectivity index is 2.68. The second kappa shape index (κ2) is 4.14. The zero-order chi connectivity index (χ0) is 12.6. The maximum Gasteiger partial charge on any atom is 0.408 e. The summed E-state index contributed by atoms with van der Waals surface area (Å²) in [6.07, 6.45) is -4.47. The molecule has 2 rings (SSSR count). The fraction of sp³-hybridized carbons (Fsp3) is 0.200. The third kappa shape index (κ3) is 2.49. The lowest BCUT2D eigenvalue weighted by Crippen LogP contribution is -2.30. The van der Waals surface area contributed by atoms with Gasteiger partial charge in [-0.15, -0.1) is 0 Å². The summed E-state index contributed by atoms with van der Waals surface area (Å²) >= 11 is 3.05. The number of rotatable bonds is 1. The number of nitrogens with zero attached hydrogens (tertiary/aromatic N) is 2. The van der Waals surface area contributed by atoms with Gasteiger partial charge in [-0.05, 0) is 22.0 Å². The highest BCUT2D eigenvalue weighted by atomic mass is 79.9. The van der Waals surface area contributed by atoms with Crippen LogP contribution in [-0.4, -0.2) is 16.0 Å². The molecule has 0 spiro atoms. The van der Waals surface area contributed by atoms with Gasteiger partial charge in [0, 0.05) is 5.39 Å². The molecular weight excluding hydrogens is 301 g/mol. The Hall–Kier alpha value is -1.37. The van der Waals surface area contributed by atoms with Crippen LogP contribution in [0, 0.1) is 0 Å². The lowest BCUT2D eigenvalue weighted by atomic mass is 10.2. The standard InChI is InChI=1S/C10H6BrF3N2O/c11-8-6-3-1-2-4-7(6)9(17)16(15-8)5-10(12,13)14/h1-4H,5H2. The molecule has 90 valence electrons. The third-order valence-electron chi connectivity index (χ3n) is 2.15. The fourth-order valence-electron chi connectivity index (χ4n) is 1.47. The van der Waals surface area contributed by atoms with Crippen molar-refractivity contribution in [2.45, 2.75) is 12.7 Å². The Bertz CT molecular complexity index is 621. The topological polar surface area (TPSA) is 34.9 Å². The molecule has 0 radical (unpaired) electrons. The first-order chi connectivity index (χ1) is 7.88. The first kappa shape index (κ1) is 12.1. The number of hydrogen-bond acceptors (Lipinski definition) is 2. The summed E-state index contributed by atoms with van der Waals surface area (Å²) < 4.78 is 37.3. The maximum absolute atomic E-state index is 12.2. The zero-order valence-electron chi connectivity index (χ0n) is 8.33. The molecule has 0 aliphatic heterocycles. The van der Waals surface area contributed by atoms with Crippen molar-refractivity contribution >= 4 is 26.7 Å². The summed E-state index contributed by atoms with van der Waals surface area (Å²) in [5, 5.41) is 4.29. The van der Waals surface area contributed by atoms with Crippen LogP contribution >= 0.6 is 15.9 Å². The van der Waals surface area contributed by atoms with Crippen LogP contribution in [0.25, 0.3) is 10.8 Å². The van der Waals surface area contributed by atoms with E-state index in [1.54, 1.807) is 18.2 Å². The van der Waals surface area contributed by atoms with Crippen molar-refractivity contribution in [1.82, 2.24) is 9.78 Å². The van der Waals surface area contributed by atoms with E-state index in [1.807, 2.05) is 0 Å². The third-order valence-corrected chi connectivity index (χ3v) is 2.74. The second-order valence-electron chi connectivity index (χ2n) is 3.41. The smallest absolute Gasteiger partial charge is 0.267 e. The van der Waals surface area contributed by atoms with Crippen LogP contribution in [0.3, 0.4) is 0 Å². The summed E-state index contributed by atoms with van der Waals surface area (Å²) in [5.41, 5.74) is -0.749. The van der Waals surface area contributed by atoms with Crippen molar-refractivity contribution in [2.75, 3.05) is 0 Å². The van der Waals surface area contributed by atoms with E-state index in [2.05, 4.69) is 21.0 Å².